The molecule has 0 radical (unpaired) electrons. The summed E-state index contributed by atoms with van der Waals surface area (Å²) < 4.78 is 1.65. The van der Waals surface area contributed by atoms with Crippen molar-refractivity contribution < 1.29 is 0 Å². The number of halogens is 1. The zero-order chi connectivity index (χ0) is 15.9. The first-order valence-electron chi connectivity index (χ1n) is 6.93. The summed E-state index contributed by atoms with van der Waals surface area (Å²) >= 11 is 7.85. The number of fused-ring (bicyclic) bond motifs is 1. The summed E-state index contributed by atoms with van der Waals surface area (Å²) in [6.07, 6.45) is 1.46. The average molecular weight is 338 g/mol. The topological polar surface area (TPSA) is 80.9 Å². The van der Waals surface area contributed by atoms with Crippen molar-refractivity contribution >= 4 is 34.5 Å². The smallest absolute Gasteiger partial charge is 0.255 e. The van der Waals surface area contributed by atoms with Crippen LogP contribution >= 0.6 is 22.9 Å². The number of aromatic nitrogens is 6. The summed E-state index contributed by atoms with van der Waals surface area (Å²) in [7, 11) is 0. The Morgan fingerprint density at radius 2 is 2.05 bits per heavy atom. The molecule has 0 aliphatic rings. The van der Waals surface area contributed by atoms with Crippen molar-refractivity contribution in [3.05, 3.63) is 16.5 Å². The summed E-state index contributed by atoms with van der Waals surface area (Å²) in [5, 5.41) is 17.9. The van der Waals surface area contributed by atoms with Crippen molar-refractivity contribution in [2.45, 2.75) is 33.7 Å². The van der Waals surface area contributed by atoms with Gasteiger partial charge in [-0.3, -0.25) is 0 Å². The van der Waals surface area contributed by atoms with Crippen molar-refractivity contribution in [3.8, 4) is 10.6 Å². The zero-order valence-electron chi connectivity index (χ0n) is 12.7. The van der Waals surface area contributed by atoms with Crippen molar-refractivity contribution in [2.75, 3.05) is 5.32 Å². The highest BCUT2D eigenvalue weighted by atomic mass is 35.5. The first-order chi connectivity index (χ1) is 10.5. The molecule has 3 heterocycles. The molecule has 1 N–H and O–H groups in total. The fraction of sp³-hybridized carbons (Fsp3) is 0.462. The van der Waals surface area contributed by atoms with Gasteiger partial charge in [-0.25, -0.2) is 0 Å². The van der Waals surface area contributed by atoms with Crippen LogP contribution in [0.1, 0.15) is 25.8 Å². The number of nitrogens with one attached hydrogen (secondary N) is 1. The lowest BCUT2D eigenvalue weighted by atomic mass is 10.1. The summed E-state index contributed by atoms with van der Waals surface area (Å²) in [5.41, 5.74) is 0.706. The highest BCUT2D eigenvalue weighted by Crippen LogP contribution is 2.36. The van der Waals surface area contributed by atoms with Crippen molar-refractivity contribution in [1.29, 1.82) is 0 Å². The molecular weight excluding hydrogens is 322 g/mol. The summed E-state index contributed by atoms with van der Waals surface area (Å²) in [6.45, 7) is 8.30. The summed E-state index contributed by atoms with van der Waals surface area (Å²) in [5.74, 6) is 1.63. The fourth-order valence-electron chi connectivity index (χ4n) is 1.92. The maximum absolute atomic E-state index is 6.38. The van der Waals surface area contributed by atoms with Crippen LogP contribution in [0.5, 0.6) is 0 Å². The van der Waals surface area contributed by atoms with Crippen LogP contribution in [0, 0.1) is 12.8 Å². The van der Waals surface area contributed by atoms with Gasteiger partial charge >= 0.3 is 0 Å². The molecule has 22 heavy (non-hydrogen) atoms. The van der Waals surface area contributed by atoms with E-state index in [0.717, 1.165) is 10.8 Å². The molecule has 7 nitrogen and oxygen atoms in total. The monoisotopic (exact) mass is 337 g/mol. The van der Waals surface area contributed by atoms with E-state index in [-0.39, 0.29) is 6.04 Å². The van der Waals surface area contributed by atoms with Crippen molar-refractivity contribution in [3.63, 3.8) is 0 Å². The zero-order valence-corrected chi connectivity index (χ0v) is 14.3. The van der Waals surface area contributed by atoms with Crippen LogP contribution in [0.25, 0.3) is 16.3 Å². The third-order valence-electron chi connectivity index (χ3n) is 3.49. The molecule has 0 saturated carbocycles. The van der Waals surface area contributed by atoms with Gasteiger partial charge in [-0.15, -0.1) is 10.2 Å². The van der Waals surface area contributed by atoms with Crippen LogP contribution < -0.4 is 5.32 Å². The average Bonchev–Trinajstić information content (AvgIpc) is 3.07. The molecule has 9 heteroatoms. The van der Waals surface area contributed by atoms with Gasteiger partial charge in [0.25, 0.3) is 5.78 Å². The van der Waals surface area contributed by atoms with Gasteiger partial charge in [-0.05, 0) is 19.8 Å². The van der Waals surface area contributed by atoms with Crippen LogP contribution in [0.15, 0.2) is 6.33 Å². The number of rotatable bonds is 4. The molecule has 116 valence electrons. The van der Waals surface area contributed by atoms with Gasteiger partial charge in [0.2, 0.25) is 0 Å². The van der Waals surface area contributed by atoms with Gasteiger partial charge < -0.3 is 5.32 Å². The highest BCUT2D eigenvalue weighted by Gasteiger charge is 2.22. The molecule has 0 aliphatic heterocycles. The molecule has 0 aliphatic carbocycles. The Morgan fingerprint density at radius 3 is 2.68 bits per heavy atom. The van der Waals surface area contributed by atoms with Crippen molar-refractivity contribution in [2.24, 2.45) is 5.92 Å². The maximum atomic E-state index is 6.38. The molecule has 0 saturated heterocycles. The van der Waals surface area contributed by atoms with Gasteiger partial charge in [0.1, 0.15) is 22.3 Å². The lowest BCUT2D eigenvalue weighted by molar-refractivity contribution is 0.556. The van der Waals surface area contributed by atoms with Crippen LogP contribution in [0.2, 0.25) is 5.15 Å². The van der Waals surface area contributed by atoms with E-state index in [4.69, 9.17) is 11.6 Å². The standard InChI is InChI=1S/C13H16ClN7S/c1-6(2)7(3)17-11-9(12-20-19-8(4)22-12)10(14)18-13-15-5-16-21(11)13/h5-7,17H,1-4H3/t7-/m1/s1. The summed E-state index contributed by atoms with van der Waals surface area (Å²) in [4.78, 5) is 8.40. The number of hydrogen-bond donors (Lipinski definition) is 1. The first-order valence-corrected chi connectivity index (χ1v) is 8.13. The number of aryl methyl sites for hydroxylation is 1. The normalized spacial score (nSPS) is 13.0. The minimum atomic E-state index is 0.221. The number of anilines is 1. The van der Waals surface area contributed by atoms with E-state index < -0.39 is 0 Å². The van der Waals surface area contributed by atoms with Gasteiger partial charge in [0, 0.05) is 6.04 Å². The largest absolute Gasteiger partial charge is 0.367 e. The molecule has 3 aromatic rings. The Kier molecular flexibility index (Phi) is 3.96. The second-order valence-corrected chi connectivity index (χ2v) is 6.94. The van der Waals surface area contributed by atoms with Crippen LogP contribution in [-0.4, -0.2) is 35.8 Å². The molecule has 0 fully saturated rings. The maximum Gasteiger partial charge on any atom is 0.255 e. The molecule has 0 bridgehead atoms. The molecule has 0 unspecified atom stereocenters. The predicted molar refractivity (Wildman–Crippen MR) is 87.4 cm³/mol. The lowest BCUT2D eigenvalue weighted by Crippen LogP contribution is -2.24. The van der Waals surface area contributed by atoms with E-state index in [1.165, 1.54) is 17.7 Å². The van der Waals surface area contributed by atoms with E-state index in [9.17, 15) is 0 Å². The van der Waals surface area contributed by atoms with Crippen molar-refractivity contribution in [1.82, 2.24) is 29.8 Å². The molecule has 0 spiro atoms. The van der Waals surface area contributed by atoms with E-state index in [2.05, 4.69) is 51.4 Å². The predicted octanol–water partition coefficient (Wildman–Crippen LogP) is 3.06. The molecule has 0 amide bonds. The Bertz CT molecular complexity index is 810. The Hall–Kier alpha value is -1.80. The first kappa shape index (κ1) is 15.1. The summed E-state index contributed by atoms with van der Waals surface area (Å²) in [6, 6.07) is 0.221. The van der Waals surface area contributed by atoms with E-state index in [0.29, 0.717) is 27.4 Å². The van der Waals surface area contributed by atoms with Gasteiger partial charge in [-0.1, -0.05) is 36.8 Å². The number of hydrogen-bond acceptors (Lipinski definition) is 7. The number of nitrogens with zero attached hydrogens (tertiary/aromatic N) is 6. The molecule has 1 atom stereocenters. The quantitative estimate of drug-likeness (QED) is 0.737. The van der Waals surface area contributed by atoms with E-state index in [1.807, 2.05) is 6.92 Å². The van der Waals surface area contributed by atoms with Crippen LogP contribution in [0.4, 0.5) is 5.82 Å². The van der Waals surface area contributed by atoms with Gasteiger partial charge in [0.15, 0.2) is 5.01 Å². The minimum absolute atomic E-state index is 0.221. The minimum Gasteiger partial charge on any atom is -0.367 e. The van der Waals surface area contributed by atoms with Gasteiger partial charge in [0.05, 0.1) is 5.56 Å². The SMILES string of the molecule is Cc1nnc(-c2c(Cl)nc3ncnn3c2N[C@H](C)C(C)C)s1. The third-order valence-corrected chi connectivity index (χ3v) is 4.62. The van der Waals surface area contributed by atoms with Crippen LogP contribution in [-0.2, 0) is 0 Å². The van der Waals surface area contributed by atoms with Gasteiger partial charge in [-0.2, -0.15) is 19.6 Å². The molecule has 0 aromatic carbocycles. The second kappa shape index (κ2) is 5.77. The molecule has 3 aromatic heterocycles. The Balaban J connectivity index is 2.22. The van der Waals surface area contributed by atoms with Crippen LogP contribution in [0.3, 0.4) is 0 Å². The fourth-order valence-corrected chi connectivity index (χ4v) is 2.97. The Morgan fingerprint density at radius 1 is 1.27 bits per heavy atom. The van der Waals surface area contributed by atoms with E-state index >= 15 is 0 Å². The van der Waals surface area contributed by atoms with E-state index in [1.54, 1.807) is 4.52 Å². The Labute approximate surface area is 136 Å². The lowest BCUT2D eigenvalue weighted by Gasteiger charge is -2.21. The molecular formula is C13H16ClN7S. The second-order valence-electron chi connectivity index (χ2n) is 5.40. The highest BCUT2D eigenvalue weighted by molar-refractivity contribution is 7.14. The third kappa shape index (κ3) is 2.64. The molecule has 3 rings (SSSR count).